The number of nitrogen functional groups attached to an aromatic ring is 1. The van der Waals surface area contributed by atoms with Crippen LogP contribution in [0, 0.1) is 5.92 Å². The van der Waals surface area contributed by atoms with E-state index in [0.29, 0.717) is 0 Å². The molecule has 0 amide bonds. The Morgan fingerprint density at radius 3 is 2.63 bits per heavy atom. The second kappa shape index (κ2) is 9.85. The summed E-state index contributed by atoms with van der Waals surface area (Å²) in [6, 6.07) is 8.18. The normalized spacial score (nSPS) is 12.5. The van der Waals surface area contributed by atoms with Crippen molar-refractivity contribution in [3.05, 3.63) is 29.8 Å². The highest BCUT2D eigenvalue weighted by atomic mass is 14.8. The van der Waals surface area contributed by atoms with Crippen LogP contribution in [0.5, 0.6) is 0 Å². The van der Waals surface area contributed by atoms with Gasteiger partial charge in [0.1, 0.15) is 0 Å². The van der Waals surface area contributed by atoms with Crippen LogP contribution in [0.15, 0.2) is 24.3 Å². The SMILES string of the molecule is CCCCC(CC)CNCCCc1ccccc1N. The van der Waals surface area contributed by atoms with Gasteiger partial charge in [0.15, 0.2) is 0 Å². The van der Waals surface area contributed by atoms with E-state index in [-0.39, 0.29) is 0 Å². The van der Waals surface area contributed by atoms with E-state index in [1.165, 1.54) is 44.2 Å². The molecule has 0 heterocycles. The molecule has 0 aliphatic carbocycles. The Balaban J connectivity index is 2.12. The smallest absolute Gasteiger partial charge is 0.0346 e. The molecule has 0 spiro atoms. The first kappa shape index (κ1) is 16.0. The van der Waals surface area contributed by atoms with Gasteiger partial charge in [0.2, 0.25) is 0 Å². The summed E-state index contributed by atoms with van der Waals surface area (Å²) in [6.07, 6.45) is 7.57. The molecular formula is C17H30N2. The lowest BCUT2D eigenvalue weighted by Crippen LogP contribution is -2.24. The van der Waals surface area contributed by atoms with E-state index in [9.17, 15) is 0 Å². The first-order valence-corrected chi connectivity index (χ1v) is 7.82. The second-order valence-corrected chi connectivity index (χ2v) is 5.42. The third kappa shape index (κ3) is 6.63. The van der Waals surface area contributed by atoms with Crippen molar-refractivity contribution in [1.29, 1.82) is 0 Å². The van der Waals surface area contributed by atoms with Crippen molar-refractivity contribution in [2.75, 3.05) is 18.8 Å². The van der Waals surface area contributed by atoms with Crippen LogP contribution >= 0.6 is 0 Å². The lowest BCUT2D eigenvalue weighted by Gasteiger charge is -2.15. The number of aryl methyl sites for hydroxylation is 1. The average Bonchev–Trinajstić information content (AvgIpc) is 2.43. The van der Waals surface area contributed by atoms with E-state index in [0.717, 1.165) is 24.6 Å². The Bertz CT molecular complexity index is 336. The Morgan fingerprint density at radius 1 is 1.16 bits per heavy atom. The number of hydrogen-bond acceptors (Lipinski definition) is 2. The van der Waals surface area contributed by atoms with Gasteiger partial charge in [-0.1, -0.05) is 51.3 Å². The summed E-state index contributed by atoms with van der Waals surface area (Å²) >= 11 is 0. The van der Waals surface area contributed by atoms with Gasteiger partial charge in [-0.25, -0.2) is 0 Å². The number of nitrogens with one attached hydrogen (secondary N) is 1. The quantitative estimate of drug-likeness (QED) is 0.494. The standard InChI is InChI=1S/C17H30N2/c1-3-5-9-15(4-2)14-19-13-8-11-16-10-6-7-12-17(16)18/h6-7,10,12,15,19H,3-5,8-9,11,13-14,18H2,1-2H3. The predicted molar refractivity (Wildman–Crippen MR) is 85.4 cm³/mol. The third-order valence-electron chi connectivity index (χ3n) is 3.83. The highest BCUT2D eigenvalue weighted by Gasteiger charge is 2.04. The van der Waals surface area contributed by atoms with Crippen molar-refractivity contribution in [3.8, 4) is 0 Å². The summed E-state index contributed by atoms with van der Waals surface area (Å²) in [5.74, 6) is 0.849. The zero-order valence-corrected chi connectivity index (χ0v) is 12.6. The molecular weight excluding hydrogens is 232 g/mol. The molecule has 1 aromatic carbocycles. The van der Waals surface area contributed by atoms with Gasteiger partial charge in [-0.3, -0.25) is 0 Å². The number of benzene rings is 1. The summed E-state index contributed by atoms with van der Waals surface area (Å²) in [7, 11) is 0. The summed E-state index contributed by atoms with van der Waals surface area (Å²) < 4.78 is 0. The Kier molecular flexibility index (Phi) is 8.31. The molecule has 0 aliphatic heterocycles. The van der Waals surface area contributed by atoms with Crippen LogP contribution in [0.2, 0.25) is 0 Å². The van der Waals surface area contributed by atoms with Crippen LogP contribution < -0.4 is 11.1 Å². The predicted octanol–water partition coefficient (Wildman–Crippen LogP) is 4.01. The van der Waals surface area contributed by atoms with Crippen molar-refractivity contribution in [2.24, 2.45) is 5.92 Å². The number of para-hydroxylation sites is 1. The molecule has 1 aromatic rings. The van der Waals surface area contributed by atoms with Gasteiger partial charge in [-0.15, -0.1) is 0 Å². The van der Waals surface area contributed by atoms with E-state index in [1.54, 1.807) is 0 Å². The van der Waals surface area contributed by atoms with Crippen molar-refractivity contribution in [3.63, 3.8) is 0 Å². The maximum atomic E-state index is 5.94. The molecule has 2 heteroatoms. The van der Waals surface area contributed by atoms with E-state index in [4.69, 9.17) is 5.73 Å². The van der Waals surface area contributed by atoms with E-state index < -0.39 is 0 Å². The highest BCUT2D eigenvalue weighted by Crippen LogP contribution is 2.13. The molecule has 0 saturated heterocycles. The summed E-state index contributed by atoms with van der Waals surface area (Å²) in [5, 5.41) is 3.59. The van der Waals surface area contributed by atoms with Crippen LogP contribution in [0.4, 0.5) is 5.69 Å². The maximum absolute atomic E-state index is 5.94. The van der Waals surface area contributed by atoms with E-state index in [1.807, 2.05) is 12.1 Å². The minimum Gasteiger partial charge on any atom is -0.399 e. The second-order valence-electron chi connectivity index (χ2n) is 5.42. The Labute approximate surface area is 118 Å². The van der Waals surface area contributed by atoms with Crippen molar-refractivity contribution in [1.82, 2.24) is 5.32 Å². The van der Waals surface area contributed by atoms with Gasteiger partial charge in [-0.05, 0) is 49.9 Å². The molecule has 19 heavy (non-hydrogen) atoms. The molecule has 1 unspecified atom stereocenters. The van der Waals surface area contributed by atoms with E-state index in [2.05, 4.69) is 31.3 Å². The van der Waals surface area contributed by atoms with Crippen LogP contribution in [-0.4, -0.2) is 13.1 Å². The van der Waals surface area contributed by atoms with Crippen LogP contribution in [0.1, 0.15) is 51.5 Å². The lowest BCUT2D eigenvalue weighted by atomic mass is 9.99. The van der Waals surface area contributed by atoms with Gasteiger partial charge < -0.3 is 11.1 Å². The molecule has 0 aliphatic rings. The van der Waals surface area contributed by atoms with Gasteiger partial charge in [0.25, 0.3) is 0 Å². The van der Waals surface area contributed by atoms with E-state index >= 15 is 0 Å². The summed E-state index contributed by atoms with van der Waals surface area (Å²) in [6.45, 7) is 6.83. The maximum Gasteiger partial charge on any atom is 0.0346 e. The number of anilines is 1. The molecule has 0 saturated carbocycles. The molecule has 1 atom stereocenters. The first-order valence-electron chi connectivity index (χ1n) is 7.82. The first-order chi connectivity index (χ1) is 9.27. The third-order valence-corrected chi connectivity index (χ3v) is 3.83. The molecule has 0 radical (unpaired) electrons. The summed E-state index contributed by atoms with van der Waals surface area (Å²) in [5.41, 5.74) is 8.15. The number of unbranched alkanes of at least 4 members (excludes halogenated alkanes) is 1. The molecule has 3 N–H and O–H groups in total. The van der Waals surface area contributed by atoms with Gasteiger partial charge in [0, 0.05) is 5.69 Å². The number of nitrogens with two attached hydrogens (primary N) is 1. The minimum atomic E-state index is 0.849. The largest absolute Gasteiger partial charge is 0.399 e. The van der Waals surface area contributed by atoms with Crippen LogP contribution in [-0.2, 0) is 6.42 Å². The molecule has 1 rings (SSSR count). The summed E-state index contributed by atoms with van der Waals surface area (Å²) in [4.78, 5) is 0. The van der Waals surface area contributed by atoms with Gasteiger partial charge >= 0.3 is 0 Å². The van der Waals surface area contributed by atoms with Crippen molar-refractivity contribution < 1.29 is 0 Å². The van der Waals surface area contributed by atoms with Gasteiger partial charge in [-0.2, -0.15) is 0 Å². The van der Waals surface area contributed by atoms with Crippen molar-refractivity contribution in [2.45, 2.75) is 52.4 Å². The molecule has 108 valence electrons. The fourth-order valence-corrected chi connectivity index (χ4v) is 2.42. The molecule has 0 fully saturated rings. The highest BCUT2D eigenvalue weighted by molar-refractivity contribution is 5.46. The zero-order chi connectivity index (χ0) is 13.9. The lowest BCUT2D eigenvalue weighted by molar-refractivity contribution is 0.418. The monoisotopic (exact) mass is 262 g/mol. The van der Waals surface area contributed by atoms with Crippen LogP contribution in [0.3, 0.4) is 0 Å². The average molecular weight is 262 g/mol. The Hall–Kier alpha value is -1.02. The fourth-order valence-electron chi connectivity index (χ4n) is 2.42. The topological polar surface area (TPSA) is 38.0 Å². The molecule has 0 aromatic heterocycles. The number of hydrogen-bond donors (Lipinski definition) is 2. The minimum absolute atomic E-state index is 0.849. The molecule has 0 bridgehead atoms. The van der Waals surface area contributed by atoms with Crippen molar-refractivity contribution >= 4 is 5.69 Å². The Morgan fingerprint density at radius 2 is 1.95 bits per heavy atom. The van der Waals surface area contributed by atoms with Gasteiger partial charge in [0.05, 0.1) is 0 Å². The molecule has 2 nitrogen and oxygen atoms in total. The number of rotatable bonds is 10. The fraction of sp³-hybridized carbons (Fsp3) is 0.647. The van der Waals surface area contributed by atoms with Crippen LogP contribution in [0.25, 0.3) is 0 Å². The zero-order valence-electron chi connectivity index (χ0n) is 12.6.